The van der Waals surface area contributed by atoms with Crippen LogP contribution in [0.3, 0.4) is 0 Å². The van der Waals surface area contributed by atoms with Crippen molar-refractivity contribution in [2.24, 2.45) is 0 Å². The number of carboxylic acids is 1. The monoisotopic (exact) mass is 242 g/mol. The normalized spacial score (nSPS) is 13.4. The molecule has 1 aromatic carbocycles. The van der Waals surface area contributed by atoms with E-state index in [4.69, 9.17) is 5.11 Å². The number of aliphatic carboxylic acids is 1. The molecule has 5 heteroatoms. The maximum absolute atomic E-state index is 11.3. The summed E-state index contributed by atoms with van der Waals surface area (Å²) in [5, 5.41) is 7.49. The van der Waals surface area contributed by atoms with E-state index in [1.54, 1.807) is 18.2 Å². The number of hydrogen-bond donors (Lipinski definition) is 1. The first kappa shape index (κ1) is 12.7. The minimum absolute atomic E-state index is 0.00977. The van der Waals surface area contributed by atoms with Crippen LogP contribution < -0.4 is 0 Å². The van der Waals surface area contributed by atoms with Gasteiger partial charge in [-0.1, -0.05) is 29.8 Å². The molecule has 16 heavy (non-hydrogen) atoms. The number of sulfone groups is 1. The van der Waals surface area contributed by atoms with Crippen molar-refractivity contribution in [1.29, 1.82) is 0 Å². The molecule has 0 saturated carbocycles. The molecule has 1 N–H and O–H groups in total. The van der Waals surface area contributed by atoms with Gasteiger partial charge in [-0.15, -0.1) is 0 Å². The maximum atomic E-state index is 11.3. The second-order valence-electron chi connectivity index (χ2n) is 3.85. The second kappa shape index (κ2) is 4.65. The Morgan fingerprint density at radius 1 is 1.44 bits per heavy atom. The molecule has 0 aliphatic rings. The Bertz CT molecular complexity index is 490. The molecule has 1 rings (SSSR count). The third-order valence-electron chi connectivity index (χ3n) is 2.30. The number of carbonyl (C=O) groups is 1. The molecule has 0 saturated heterocycles. The number of carboxylic acid groups (broad SMARTS) is 1. The third-order valence-corrected chi connectivity index (χ3v) is 3.70. The Morgan fingerprint density at radius 2 is 2.06 bits per heavy atom. The van der Waals surface area contributed by atoms with Gasteiger partial charge in [0.05, 0.1) is 0 Å². The van der Waals surface area contributed by atoms with Crippen molar-refractivity contribution in [2.75, 3.05) is 6.26 Å². The molecule has 0 amide bonds. The van der Waals surface area contributed by atoms with E-state index < -0.39 is 21.1 Å². The van der Waals surface area contributed by atoms with Crippen molar-refractivity contribution in [1.82, 2.24) is 0 Å². The zero-order valence-electron chi connectivity index (χ0n) is 9.17. The highest BCUT2D eigenvalue weighted by Crippen LogP contribution is 2.11. The van der Waals surface area contributed by atoms with Gasteiger partial charge in [-0.2, -0.15) is 0 Å². The topological polar surface area (TPSA) is 71.4 Å². The summed E-state index contributed by atoms with van der Waals surface area (Å²) in [6.45, 7) is 1.87. The molecule has 0 aliphatic carbocycles. The molecule has 0 fully saturated rings. The van der Waals surface area contributed by atoms with Crippen molar-refractivity contribution in [2.45, 2.75) is 18.6 Å². The van der Waals surface area contributed by atoms with Gasteiger partial charge in [0.2, 0.25) is 0 Å². The summed E-state index contributed by atoms with van der Waals surface area (Å²) in [4.78, 5) is 10.9. The summed E-state index contributed by atoms with van der Waals surface area (Å²) in [5.41, 5.74) is 1.70. The molecule has 0 aromatic heterocycles. The van der Waals surface area contributed by atoms with Gasteiger partial charge < -0.3 is 5.11 Å². The van der Waals surface area contributed by atoms with Crippen LogP contribution in [0.15, 0.2) is 24.3 Å². The van der Waals surface area contributed by atoms with E-state index in [1.807, 2.05) is 13.0 Å². The van der Waals surface area contributed by atoms with Gasteiger partial charge in [0.1, 0.15) is 0 Å². The lowest BCUT2D eigenvalue weighted by Crippen LogP contribution is -2.31. The first-order chi connectivity index (χ1) is 7.30. The van der Waals surface area contributed by atoms with Gasteiger partial charge in [0, 0.05) is 6.26 Å². The Hall–Kier alpha value is -1.36. The van der Waals surface area contributed by atoms with Gasteiger partial charge in [-0.3, -0.25) is 4.79 Å². The van der Waals surface area contributed by atoms with Crippen molar-refractivity contribution in [3.8, 4) is 0 Å². The molecule has 0 radical (unpaired) electrons. The first-order valence-electron chi connectivity index (χ1n) is 4.78. The summed E-state index contributed by atoms with van der Waals surface area (Å²) in [5.74, 6) is -1.30. The Balaban J connectivity index is 2.98. The van der Waals surface area contributed by atoms with Crippen molar-refractivity contribution in [3.05, 3.63) is 35.4 Å². The van der Waals surface area contributed by atoms with Crippen LogP contribution in [0.1, 0.15) is 11.1 Å². The van der Waals surface area contributed by atoms with E-state index in [2.05, 4.69) is 0 Å². The van der Waals surface area contributed by atoms with E-state index in [-0.39, 0.29) is 6.42 Å². The van der Waals surface area contributed by atoms with Crippen LogP contribution >= 0.6 is 0 Å². The van der Waals surface area contributed by atoms with E-state index in [1.165, 1.54) is 0 Å². The van der Waals surface area contributed by atoms with Gasteiger partial charge in [-0.25, -0.2) is 8.42 Å². The molecule has 0 bridgehead atoms. The third kappa shape index (κ3) is 3.34. The molecule has 0 spiro atoms. The number of hydrogen-bond acceptors (Lipinski definition) is 3. The fourth-order valence-electron chi connectivity index (χ4n) is 1.48. The number of rotatable bonds is 4. The summed E-state index contributed by atoms with van der Waals surface area (Å²) in [7, 11) is -3.57. The quantitative estimate of drug-likeness (QED) is 0.856. The van der Waals surface area contributed by atoms with Crippen LogP contribution in [0.4, 0.5) is 0 Å². The average molecular weight is 242 g/mol. The molecule has 0 aliphatic heterocycles. The lowest BCUT2D eigenvalue weighted by Gasteiger charge is -2.10. The molecule has 0 heterocycles. The van der Waals surface area contributed by atoms with E-state index in [0.29, 0.717) is 0 Å². The Labute approximate surface area is 94.8 Å². The van der Waals surface area contributed by atoms with Gasteiger partial charge in [0.15, 0.2) is 15.1 Å². The van der Waals surface area contributed by atoms with Crippen molar-refractivity contribution < 1.29 is 18.3 Å². The Morgan fingerprint density at radius 3 is 2.50 bits per heavy atom. The molecule has 4 nitrogen and oxygen atoms in total. The molecular weight excluding hydrogens is 228 g/mol. The zero-order valence-corrected chi connectivity index (χ0v) is 9.99. The number of benzene rings is 1. The summed E-state index contributed by atoms with van der Waals surface area (Å²) < 4.78 is 22.6. The fraction of sp³-hybridized carbons (Fsp3) is 0.364. The molecule has 1 atom stereocenters. The van der Waals surface area contributed by atoms with Crippen LogP contribution in [0, 0.1) is 6.92 Å². The average Bonchev–Trinajstić information content (AvgIpc) is 2.12. The highest BCUT2D eigenvalue weighted by Gasteiger charge is 2.28. The van der Waals surface area contributed by atoms with Gasteiger partial charge >= 0.3 is 5.97 Å². The molecule has 1 unspecified atom stereocenters. The second-order valence-corrected chi connectivity index (χ2v) is 6.08. The lowest BCUT2D eigenvalue weighted by molar-refractivity contribution is -0.136. The zero-order chi connectivity index (χ0) is 12.3. The highest BCUT2D eigenvalue weighted by atomic mass is 32.2. The first-order valence-corrected chi connectivity index (χ1v) is 6.73. The molecule has 88 valence electrons. The van der Waals surface area contributed by atoms with E-state index in [9.17, 15) is 13.2 Å². The largest absolute Gasteiger partial charge is 0.480 e. The van der Waals surface area contributed by atoms with Crippen LogP contribution in [-0.4, -0.2) is 31.0 Å². The highest BCUT2D eigenvalue weighted by molar-refractivity contribution is 7.92. The Kier molecular flexibility index (Phi) is 3.70. The van der Waals surface area contributed by atoms with E-state index >= 15 is 0 Å². The minimum atomic E-state index is -3.57. The standard InChI is InChI=1S/C11H14O4S/c1-8-4-3-5-9(6-8)7-10(11(12)13)16(2,14)15/h3-6,10H,7H2,1-2H3,(H,12,13). The van der Waals surface area contributed by atoms with Crippen molar-refractivity contribution in [3.63, 3.8) is 0 Å². The van der Waals surface area contributed by atoms with E-state index in [0.717, 1.165) is 17.4 Å². The van der Waals surface area contributed by atoms with Crippen LogP contribution in [0.5, 0.6) is 0 Å². The van der Waals surface area contributed by atoms with Crippen molar-refractivity contribution >= 4 is 15.8 Å². The summed E-state index contributed by atoms with van der Waals surface area (Å²) in [6.07, 6.45) is 0.956. The summed E-state index contributed by atoms with van der Waals surface area (Å²) in [6, 6.07) is 7.18. The summed E-state index contributed by atoms with van der Waals surface area (Å²) >= 11 is 0. The minimum Gasteiger partial charge on any atom is -0.480 e. The maximum Gasteiger partial charge on any atom is 0.322 e. The smallest absolute Gasteiger partial charge is 0.322 e. The van der Waals surface area contributed by atoms with Crippen LogP contribution in [0.2, 0.25) is 0 Å². The lowest BCUT2D eigenvalue weighted by atomic mass is 10.1. The predicted octanol–water partition coefficient (Wildman–Crippen LogP) is 1.04. The van der Waals surface area contributed by atoms with Crippen LogP contribution in [-0.2, 0) is 21.1 Å². The predicted molar refractivity (Wildman–Crippen MR) is 61.2 cm³/mol. The fourth-order valence-corrected chi connectivity index (χ4v) is 2.34. The SMILES string of the molecule is Cc1cccc(CC(C(=O)O)S(C)(=O)=O)c1. The van der Waals surface area contributed by atoms with Gasteiger partial charge in [0.25, 0.3) is 0 Å². The molecule has 1 aromatic rings. The van der Waals surface area contributed by atoms with Crippen LogP contribution in [0.25, 0.3) is 0 Å². The number of aryl methyl sites for hydroxylation is 1. The van der Waals surface area contributed by atoms with Gasteiger partial charge in [-0.05, 0) is 18.9 Å². The molecular formula is C11H14O4S.